The van der Waals surface area contributed by atoms with E-state index in [2.05, 4.69) is 39.5 Å². The first-order valence-electron chi connectivity index (χ1n) is 10.1. The number of halogens is 1. The number of carbonyl (C=O) groups excluding carboxylic acids is 2. The second kappa shape index (κ2) is 7.68. The smallest absolute Gasteiger partial charge is 0.253 e. The van der Waals surface area contributed by atoms with Crippen molar-refractivity contribution >= 4 is 23.4 Å². The van der Waals surface area contributed by atoms with Crippen LogP contribution in [0.1, 0.15) is 51.4 Å². The quantitative estimate of drug-likeness (QED) is 0.756. The van der Waals surface area contributed by atoms with Gasteiger partial charge in [0.05, 0.1) is 0 Å². The second-order valence-electron chi connectivity index (χ2n) is 9.93. The van der Waals surface area contributed by atoms with Crippen molar-refractivity contribution in [3.05, 3.63) is 34.9 Å². The Kier molecular flexibility index (Phi) is 5.79. The van der Waals surface area contributed by atoms with Gasteiger partial charge in [0, 0.05) is 61.3 Å². The molecule has 0 N–H and O–H groups in total. The predicted octanol–water partition coefficient (Wildman–Crippen LogP) is 3.52. The molecule has 1 aromatic rings. The lowest BCUT2D eigenvalue weighted by Crippen LogP contribution is -2.70. The van der Waals surface area contributed by atoms with Crippen LogP contribution in [0.3, 0.4) is 0 Å². The largest absolute Gasteiger partial charge is 0.340 e. The van der Waals surface area contributed by atoms with Gasteiger partial charge < -0.3 is 9.80 Å². The van der Waals surface area contributed by atoms with Gasteiger partial charge in [-0.3, -0.25) is 14.5 Å². The third-order valence-electron chi connectivity index (χ3n) is 5.68. The number of rotatable bonds is 2. The summed E-state index contributed by atoms with van der Waals surface area (Å²) in [5, 5.41) is 0.627. The molecule has 2 saturated heterocycles. The van der Waals surface area contributed by atoms with E-state index in [4.69, 9.17) is 11.6 Å². The molecule has 5 nitrogen and oxygen atoms in total. The normalized spacial score (nSPS) is 22.7. The molecule has 3 rings (SSSR count). The molecule has 0 spiro atoms. The van der Waals surface area contributed by atoms with Crippen molar-refractivity contribution in [2.24, 2.45) is 5.41 Å². The van der Waals surface area contributed by atoms with E-state index >= 15 is 0 Å². The van der Waals surface area contributed by atoms with Crippen LogP contribution in [-0.4, -0.2) is 70.8 Å². The molecule has 0 aromatic heterocycles. The Balaban J connectivity index is 1.74. The van der Waals surface area contributed by atoms with Crippen molar-refractivity contribution in [3.8, 4) is 0 Å². The lowest BCUT2D eigenvalue weighted by atomic mass is 9.90. The van der Waals surface area contributed by atoms with E-state index in [0.717, 1.165) is 13.1 Å². The zero-order valence-corrected chi connectivity index (χ0v) is 18.4. The summed E-state index contributed by atoms with van der Waals surface area (Å²) < 4.78 is 0. The second-order valence-corrected chi connectivity index (χ2v) is 10.4. The first kappa shape index (κ1) is 21.1. The van der Waals surface area contributed by atoms with Crippen molar-refractivity contribution in [3.63, 3.8) is 0 Å². The zero-order valence-electron chi connectivity index (χ0n) is 17.7. The Labute approximate surface area is 173 Å². The summed E-state index contributed by atoms with van der Waals surface area (Å²) in [6, 6.07) is 7.24. The Morgan fingerprint density at radius 2 is 1.68 bits per heavy atom. The maximum absolute atomic E-state index is 13.1. The van der Waals surface area contributed by atoms with E-state index in [0.29, 0.717) is 36.6 Å². The summed E-state index contributed by atoms with van der Waals surface area (Å²) in [5.41, 5.74) is 0.519. The molecular formula is C22H32ClN3O2. The fourth-order valence-corrected chi connectivity index (χ4v) is 4.53. The number of piperazine rings is 2. The number of hydrogen-bond acceptors (Lipinski definition) is 3. The first-order chi connectivity index (χ1) is 13.0. The maximum atomic E-state index is 13.1. The average Bonchev–Trinajstić information content (AvgIpc) is 2.59. The first-order valence-corrected chi connectivity index (χ1v) is 10.4. The minimum atomic E-state index is -0.121. The number of fused-ring (bicyclic) bond motifs is 1. The zero-order chi connectivity index (χ0) is 20.7. The van der Waals surface area contributed by atoms with Gasteiger partial charge in [0.25, 0.3) is 5.91 Å². The molecule has 2 fully saturated rings. The fourth-order valence-electron chi connectivity index (χ4n) is 4.41. The molecule has 0 bridgehead atoms. The Hall–Kier alpha value is -1.59. The van der Waals surface area contributed by atoms with Gasteiger partial charge in [-0.25, -0.2) is 0 Å². The van der Waals surface area contributed by atoms with Gasteiger partial charge in [-0.15, -0.1) is 0 Å². The van der Waals surface area contributed by atoms with Gasteiger partial charge in [0.15, 0.2) is 0 Å². The predicted molar refractivity (Wildman–Crippen MR) is 113 cm³/mol. The molecule has 1 aromatic carbocycles. The SMILES string of the molecule is CC(C)(C)CC(=O)N1CCN2[C@@H](C1)CN(C(=O)c1ccc(Cl)cc1)CC2(C)C. The highest BCUT2D eigenvalue weighted by Crippen LogP contribution is 2.30. The maximum Gasteiger partial charge on any atom is 0.253 e. The number of hydrogen-bond donors (Lipinski definition) is 0. The van der Waals surface area contributed by atoms with E-state index in [1.807, 2.05) is 9.80 Å². The number of nitrogens with zero attached hydrogens (tertiary/aromatic N) is 3. The van der Waals surface area contributed by atoms with Crippen molar-refractivity contribution in [2.75, 3.05) is 32.7 Å². The summed E-state index contributed by atoms with van der Waals surface area (Å²) in [6.07, 6.45) is 0.552. The lowest BCUT2D eigenvalue weighted by Gasteiger charge is -2.55. The summed E-state index contributed by atoms with van der Waals surface area (Å²) >= 11 is 5.96. The van der Waals surface area contributed by atoms with E-state index in [1.54, 1.807) is 24.3 Å². The Morgan fingerprint density at radius 1 is 1.07 bits per heavy atom. The van der Waals surface area contributed by atoms with Crippen LogP contribution in [0.4, 0.5) is 0 Å². The number of benzene rings is 1. The number of carbonyl (C=O) groups is 2. The molecule has 0 saturated carbocycles. The Bertz CT molecular complexity index is 739. The lowest BCUT2D eigenvalue weighted by molar-refractivity contribution is -0.139. The molecule has 1 atom stereocenters. The highest BCUT2D eigenvalue weighted by molar-refractivity contribution is 6.30. The van der Waals surface area contributed by atoms with Crippen molar-refractivity contribution in [1.29, 1.82) is 0 Å². The van der Waals surface area contributed by atoms with Crippen LogP contribution in [0, 0.1) is 5.41 Å². The van der Waals surface area contributed by atoms with Crippen LogP contribution < -0.4 is 0 Å². The highest BCUT2D eigenvalue weighted by Gasteiger charge is 2.44. The van der Waals surface area contributed by atoms with E-state index < -0.39 is 0 Å². The fraction of sp³-hybridized carbons (Fsp3) is 0.636. The molecule has 2 heterocycles. The van der Waals surface area contributed by atoms with Gasteiger partial charge in [0.2, 0.25) is 5.91 Å². The van der Waals surface area contributed by atoms with E-state index in [-0.39, 0.29) is 28.8 Å². The minimum absolute atomic E-state index is 0.0172. The Morgan fingerprint density at radius 3 is 2.29 bits per heavy atom. The molecule has 154 valence electrons. The monoisotopic (exact) mass is 405 g/mol. The molecule has 2 aliphatic heterocycles. The highest BCUT2D eigenvalue weighted by atomic mass is 35.5. The van der Waals surface area contributed by atoms with Crippen LogP contribution in [0.15, 0.2) is 24.3 Å². The molecule has 6 heteroatoms. The van der Waals surface area contributed by atoms with E-state index in [1.165, 1.54) is 0 Å². The molecule has 28 heavy (non-hydrogen) atoms. The third-order valence-corrected chi connectivity index (χ3v) is 5.93. The van der Waals surface area contributed by atoms with Gasteiger partial charge in [-0.1, -0.05) is 32.4 Å². The summed E-state index contributed by atoms with van der Waals surface area (Å²) in [7, 11) is 0. The van der Waals surface area contributed by atoms with Crippen molar-refractivity contribution in [1.82, 2.24) is 14.7 Å². The molecule has 2 amide bonds. The molecular weight excluding hydrogens is 374 g/mol. The average molecular weight is 406 g/mol. The van der Waals surface area contributed by atoms with Crippen LogP contribution in [-0.2, 0) is 4.79 Å². The molecule has 2 aliphatic rings. The standard InChI is InChI=1S/C22H32ClN3O2/c1-21(2,3)12-19(27)24-10-11-26-18(13-24)14-25(15-22(26,4)5)20(28)16-6-8-17(23)9-7-16/h6-9,18H,10-15H2,1-5H3/t18-/m0/s1. The van der Waals surface area contributed by atoms with Gasteiger partial charge in [-0.2, -0.15) is 0 Å². The van der Waals surface area contributed by atoms with Gasteiger partial charge in [-0.05, 0) is 43.5 Å². The van der Waals surface area contributed by atoms with E-state index in [9.17, 15) is 9.59 Å². The van der Waals surface area contributed by atoms with Gasteiger partial charge >= 0.3 is 0 Å². The number of amides is 2. The topological polar surface area (TPSA) is 43.9 Å². The molecule has 0 unspecified atom stereocenters. The summed E-state index contributed by atoms with van der Waals surface area (Å²) in [5.74, 6) is 0.244. The van der Waals surface area contributed by atoms with Crippen LogP contribution >= 0.6 is 11.6 Å². The molecule has 0 aliphatic carbocycles. The van der Waals surface area contributed by atoms with Gasteiger partial charge in [0.1, 0.15) is 0 Å². The summed E-state index contributed by atoms with van der Waals surface area (Å²) in [4.78, 5) is 32.2. The van der Waals surface area contributed by atoms with Crippen LogP contribution in [0.5, 0.6) is 0 Å². The minimum Gasteiger partial charge on any atom is -0.340 e. The van der Waals surface area contributed by atoms with Crippen molar-refractivity contribution in [2.45, 2.75) is 52.6 Å². The van der Waals surface area contributed by atoms with Crippen molar-refractivity contribution < 1.29 is 9.59 Å². The van der Waals surface area contributed by atoms with Crippen LogP contribution in [0.2, 0.25) is 5.02 Å². The summed E-state index contributed by atoms with van der Waals surface area (Å²) in [6.45, 7) is 14.3. The third kappa shape index (κ3) is 4.69. The van der Waals surface area contributed by atoms with Crippen LogP contribution in [0.25, 0.3) is 0 Å². The molecule has 0 radical (unpaired) electrons.